The minimum atomic E-state index is -0.0604. The van der Waals surface area contributed by atoms with Gasteiger partial charge in [0.2, 0.25) is 11.8 Å². The highest BCUT2D eigenvalue weighted by molar-refractivity contribution is 5.92. The number of rotatable bonds is 8. The van der Waals surface area contributed by atoms with E-state index < -0.39 is 0 Å². The van der Waals surface area contributed by atoms with Gasteiger partial charge in [-0.3, -0.25) is 9.59 Å². The van der Waals surface area contributed by atoms with Gasteiger partial charge >= 0.3 is 0 Å². The lowest BCUT2D eigenvalue weighted by molar-refractivity contribution is -0.121. The summed E-state index contributed by atoms with van der Waals surface area (Å²) in [5.74, 6) is 0.689. The van der Waals surface area contributed by atoms with Gasteiger partial charge in [-0.1, -0.05) is 38.1 Å². The predicted octanol–water partition coefficient (Wildman–Crippen LogP) is 3.98. The molecule has 0 aliphatic heterocycles. The number of anilines is 1. The highest BCUT2D eigenvalue weighted by atomic mass is 16.5. The summed E-state index contributed by atoms with van der Waals surface area (Å²) in [6.07, 6.45) is 0.301. The van der Waals surface area contributed by atoms with Crippen molar-refractivity contribution in [2.24, 2.45) is 5.92 Å². The Balaban J connectivity index is 1.73. The Morgan fingerprint density at radius 1 is 1.04 bits per heavy atom. The third-order valence-corrected chi connectivity index (χ3v) is 4.38. The molecule has 2 rings (SSSR count). The summed E-state index contributed by atoms with van der Waals surface area (Å²) in [5.41, 5.74) is 4.00. The zero-order valence-electron chi connectivity index (χ0n) is 16.5. The molecule has 0 heterocycles. The number of carbonyl (C=O) groups is 2. The molecule has 0 saturated heterocycles. The molecule has 0 aromatic heterocycles. The van der Waals surface area contributed by atoms with Crippen LogP contribution in [0.1, 0.15) is 37.0 Å². The number of carbonyl (C=O) groups excluding carboxylic acids is 2. The fourth-order valence-electron chi connectivity index (χ4n) is 2.42. The number of hydrogen-bond acceptors (Lipinski definition) is 3. The molecule has 144 valence electrons. The normalized spacial score (nSPS) is 10.6. The van der Waals surface area contributed by atoms with Crippen molar-refractivity contribution in [3.05, 3.63) is 59.2 Å². The second kappa shape index (κ2) is 9.76. The molecule has 5 heteroatoms. The van der Waals surface area contributed by atoms with Crippen LogP contribution in [0.3, 0.4) is 0 Å². The van der Waals surface area contributed by atoms with Crippen LogP contribution in [0.2, 0.25) is 0 Å². The molecule has 0 aliphatic carbocycles. The molecule has 0 fully saturated rings. The van der Waals surface area contributed by atoms with Crippen molar-refractivity contribution in [3.8, 4) is 5.75 Å². The summed E-state index contributed by atoms with van der Waals surface area (Å²) < 4.78 is 5.71. The monoisotopic (exact) mass is 368 g/mol. The molecule has 2 aromatic carbocycles. The van der Waals surface area contributed by atoms with Crippen LogP contribution in [0.4, 0.5) is 5.69 Å². The van der Waals surface area contributed by atoms with E-state index in [4.69, 9.17) is 4.74 Å². The highest BCUT2D eigenvalue weighted by Crippen LogP contribution is 2.20. The molecular weight excluding hydrogens is 340 g/mol. The summed E-state index contributed by atoms with van der Waals surface area (Å²) in [7, 11) is 0. The second-order valence-electron chi connectivity index (χ2n) is 6.91. The fourth-order valence-corrected chi connectivity index (χ4v) is 2.42. The van der Waals surface area contributed by atoms with Gasteiger partial charge < -0.3 is 15.4 Å². The van der Waals surface area contributed by atoms with Crippen molar-refractivity contribution in [2.75, 3.05) is 11.9 Å². The van der Waals surface area contributed by atoms with Gasteiger partial charge in [0, 0.05) is 18.2 Å². The van der Waals surface area contributed by atoms with Crippen LogP contribution < -0.4 is 15.4 Å². The largest absolute Gasteiger partial charge is 0.493 e. The molecule has 5 nitrogen and oxygen atoms in total. The van der Waals surface area contributed by atoms with Crippen LogP contribution >= 0.6 is 0 Å². The molecule has 0 unspecified atom stereocenters. The van der Waals surface area contributed by atoms with Gasteiger partial charge in [-0.25, -0.2) is 0 Å². The van der Waals surface area contributed by atoms with Gasteiger partial charge in [-0.05, 0) is 48.7 Å². The van der Waals surface area contributed by atoms with Gasteiger partial charge in [-0.2, -0.15) is 0 Å². The third kappa shape index (κ3) is 6.44. The lowest BCUT2D eigenvalue weighted by Crippen LogP contribution is -2.24. The first-order chi connectivity index (χ1) is 12.9. The van der Waals surface area contributed by atoms with Crippen LogP contribution in [0.15, 0.2) is 42.5 Å². The Morgan fingerprint density at radius 3 is 2.41 bits per heavy atom. The zero-order chi connectivity index (χ0) is 19.8. The number of nitrogens with one attached hydrogen (secondary N) is 2. The standard InChI is InChI=1S/C22H28N2O3/c1-15(2)22(26)24-19-10-8-18(9-11-19)14-23-21(25)12-13-27-20-7-5-6-16(3)17(20)4/h5-11,15H,12-14H2,1-4H3,(H,23,25)(H,24,26). The topological polar surface area (TPSA) is 67.4 Å². The smallest absolute Gasteiger partial charge is 0.226 e. The van der Waals surface area contributed by atoms with Crippen molar-refractivity contribution in [1.82, 2.24) is 5.32 Å². The summed E-state index contributed by atoms with van der Waals surface area (Å²) in [4.78, 5) is 23.7. The van der Waals surface area contributed by atoms with E-state index in [2.05, 4.69) is 10.6 Å². The first-order valence-electron chi connectivity index (χ1n) is 9.22. The Morgan fingerprint density at radius 2 is 1.74 bits per heavy atom. The third-order valence-electron chi connectivity index (χ3n) is 4.38. The molecule has 0 bridgehead atoms. The Bertz CT molecular complexity index is 783. The number of benzene rings is 2. The van der Waals surface area contributed by atoms with Gasteiger partial charge in [0.1, 0.15) is 5.75 Å². The molecule has 0 spiro atoms. The first-order valence-corrected chi connectivity index (χ1v) is 9.22. The SMILES string of the molecule is Cc1cccc(OCCC(=O)NCc2ccc(NC(=O)C(C)C)cc2)c1C. The Labute approximate surface area is 161 Å². The van der Waals surface area contributed by atoms with Crippen LogP contribution in [-0.2, 0) is 16.1 Å². The number of aryl methyl sites for hydroxylation is 1. The van der Waals surface area contributed by atoms with E-state index in [1.165, 1.54) is 5.56 Å². The van der Waals surface area contributed by atoms with E-state index in [0.717, 1.165) is 22.6 Å². The molecule has 2 aromatic rings. The number of amides is 2. The van der Waals surface area contributed by atoms with Gasteiger partial charge in [0.15, 0.2) is 0 Å². The van der Waals surface area contributed by atoms with Gasteiger partial charge in [0.05, 0.1) is 13.0 Å². The Hall–Kier alpha value is -2.82. The molecule has 2 N–H and O–H groups in total. The summed E-state index contributed by atoms with van der Waals surface area (Å²) in [5, 5.41) is 5.73. The lowest BCUT2D eigenvalue weighted by atomic mass is 10.1. The van der Waals surface area contributed by atoms with Crippen LogP contribution in [-0.4, -0.2) is 18.4 Å². The Kier molecular flexibility index (Phi) is 7.41. The molecule has 0 atom stereocenters. The lowest BCUT2D eigenvalue weighted by Gasteiger charge is -2.11. The predicted molar refractivity (Wildman–Crippen MR) is 108 cm³/mol. The molecule has 0 saturated carbocycles. The fraction of sp³-hybridized carbons (Fsp3) is 0.364. The minimum Gasteiger partial charge on any atom is -0.493 e. The van der Waals surface area contributed by atoms with E-state index in [0.29, 0.717) is 19.6 Å². The maximum atomic E-state index is 12.0. The van der Waals surface area contributed by atoms with E-state index in [9.17, 15) is 9.59 Å². The summed E-state index contributed by atoms with van der Waals surface area (Å²) in [6, 6.07) is 13.4. The van der Waals surface area contributed by atoms with Crippen molar-refractivity contribution >= 4 is 17.5 Å². The van der Waals surface area contributed by atoms with E-state index in [-0.39, 0.29) is 17.7 Å². The average molecular weight is 368 g/mol. The summed E-state index contributed by atoms with van der Waals surface area (Å²) >= 11 is 0. The van der Waals surface area contributed by atoms with Crippen molar-refractivity contribution < 1.29 is 14.3 Å². The molecule has 0 radical (unpaired) electrons. The van der Waals surface area contributed by atoms with Gasteiger partial charge in [0.25, 0.3) is 0 Å². The van der Waals surface area contributed by atoms with Gasteiger partial charge in [-0.15, -0.1) is 0 Å². The minimum absolute atomic E-state index is 0.0140. The maximum absolute atomic E-state index is 12.0. The number of hydrogen-bond donors (Lipinski definition) is 2. The number of ether oxygens (including phenoxy) is 1. The molecule has 2 amide bonds. The van der Waals surface area contributed by atoms with E-state index in [1.807, 2.05) is 70.2 Å². The zero-order valence-corrected chi connectivity index (χ0v) is 16.5. The second-order valence-corrected chi connectivity index (χ2v) is 6.91. The highest BCUT2D eigenvalue weighted by Gasteiger charge is 2.07. The van der Waals surface area contributed by atoms with Crippen LogP contribution in [0.5, 0.6) is 5.75 Å². The van der Waals surface area contributed by atoms with Crippen molar-refractivity contribution in [3.63, 3.8) is 0 Å². The van der Waals surface area contributed by atoms with E-state index in [1.54, 1.807) is 0 Å². The maximum Gasteiger partial charge on any atom is 0.226 e. The van der Waals surface area contributed by atoms with Crippen molar-refractivity contribution in [2.45, 2.75) is 40.7 Å². The average Bonchev–Trinajstić information content (AvgIpc) is 2.64. The first kappa shape index (κ1) is 20.5. The summed E-state index contributed by atoms with van der Waals surface area (Å²) in [6.45, 7) is 8.54. The van der Waals surface area contributed by atoms with E-state index >= 15 is 0 Å². The quantitative estimate of drug-likeness (QED) is 0.740. The molecule has 0 aliphatic rings. The molecular formula is C22H28N2O3. The molecule has 27 heavy (non-hydrogen) atoms. The van der Waals surface area contributed by atoms with Crippen LogP contribution in [0, 0.1) is 19.8 Å². The van der Waals surface area contributed by atoms with Crippen LogP contribution in [0.25, 0.3) is 0 Å². The van der Waals surface area contributed by atoms with Crippen molar-refractivity contribution in [1.29, 1.82) is 0 Å².